The van der Waals surface area contributed by atoms with E-state index in [4.69, 9.17) is 4.94 Å². The number of hydrogen-bond donors (Lipinski definition) is 2. The highest BCUT2D eigenvalue weighted by atomic mass is 79.9. The first-order valence-corrected chi connectivity index (χ1v) is 7.19. The molecule has 1 aliphatic rings. The van der Waals surface area contributed by atoms with E-state index in [2.05, 4.69) is 26.2 Å². The first-order chi connectivity index (χ1) is 10.6. The van der Waals surface area contributed by atoms with E-state index in [1.54, 1.807) is 24.7 Å². The Morgan fingerprint density at radius 1 is 1.36 bits per heavy atom. The van der Waals surface area contributed by atoms with Crippen LogP contribution >= 0.6 is 15.9 Å². The first kappa shape index (κ1) is 14.8. The van der Waals surface area contributed by atoms with Gasteiger partial charge in [-0.2, -0.15) is 5.06 Å². The Labute approximate surface area is 134 Å². The van der Waals surface area contributed by atoms with Crippen molar-refractivity contribution in [3.8, 4) is 0 Å². The molecule has 0 amide bonds. The lowest BCUT2D eigenvalue weighted by molar-refractivity contribution is -0.306. The summed E-state index contributed by atoms with van der Waals surface area (Å²) in [6.45, 7) is 0.473. The topological polar surface area (TPSA) is 60.9 Å². The van der Waals surface area contributed by atoms with Gasteiger partial charge in [0, 0.05) is 18.9 Å². The largest absolute Gasteiger partial charge is 0.362 e. The fraction of sp³-hybridized carbons (Fsp3) is 0.0714. The third-order valence-corrected chi connectivity index (χ3v) is 3.57. The van der Waals surface area contributed by atoms with Crippen LogP contribution < -0.4 is 10.4 Å². The second kappa shape index (κ2) is 6.30. The monoisotopic (exact) mass is 366 g/mol. The van der Waals surface area contributed by atoms with Gasteiger partial charge in [-0.1, -0.05) is 11.3 Å². The van der Waals surface area contributed by atoms with Crippen LogP contribution in [0.3, 0.4) is 0 Å². The van der Waals surface area contributed by atoms with Gasteiger partial charge in [-0.15, -0.1) is 4.94 Å². The zero-order valence-electron chi connectivity index (χ0n) is 11.3. The molecular weight excluding hydrogens is 355 g/mol. The average molecular weight is 367 g/mol. The van der Waals surface area contributed by atoms with Gasteiger partial charge in [0.1, 0.15) is 5.82 Å². The van der Waals surface area contributed by atoms with Crippen molar-refractivity contribution in [3.05, 3.63) is 70.6 Å². The average Bonchev–Trinajstić information content (AvgIpc) is 2.90. The maximum Gasteiger partial charge on any atom is 0.179 e. The molecule has 0 unspecified atom stereocenters. The molecule has 0 saturated carbocycles. The third-order valence-electron chi connectivity index (χ3n) is 2.97. The highest BCUT2D eigenvalue weighted by Crippen LogP contribution is 2.27. The highest BCUT2D eigenvalue weighted by Gasteiger charge is 2.23. The van der Waals surface area contributed by atoms with Gasteiger partial charge in [-0.25, -0.2) is 4.39 Å². The smallest absolute Gasteiger partial charge is 0.179 e. The van der Waals surface area contributed by atoms with E-state index in [0.29, 0.717) is 27.8 Å². The summed E-state index contributed by atoms with van der Waals surface area (Å²) in [5.41, 5.74) is 1.52. The van der Waals surface area contributed by atoms with Gasteiger partial charge in [-0.05, 0) is 45.8 Å². The predicted octanol–water partition coefficient (Wildman–Crippen LogP) is 2.93. The van der Waals surface area contributed by atoms with Gasteiger partial charge < -0.3 is 5.32 Å². The third kappa shape index (κ3) is 3.19. The minimum atomic E-state index is -0.372. The maximum atomic E-state index is 13.2. The fourth-order valence-corrected chi connectivity index (χ4v) is 2.23. The van der Waals surface area contributed by atoms with Crippen LogP contribution in [-0.4, -0.2) is 15.4 Å². The molecule has 22 heavy (non-hydrogen) atoms. The summed E-state index contributed by atoms with van der Waals surface area (Å²) in [6.07, 6.45) is 4.96. The van der Waals surface area contributed by atoms with Gasteiger partial charge in [-0.3, -0.25) is 10.2 Å². The molecule has 0 saturated heterocycles. The number of hydrogen-bond acceptors (Lipinski definition) is 6. The number of nitrogens with one attached hydrogen (secondary N) is 1. The Morgan fingerprint density at radius 2 is 2.23 bits per heavy atom. The fourth-order valence-electron chi connectivity index (χ4n) is 1.86. The van der Waals surface area contributed by atoms with E-state index < -0.39 is 0 Å². The maximum absolute atomic E-state index is 13.2. The molecule has 8 heteroatoms. The van der Waals surface area contributed by atoms with E-state index in [9.17, 15) is 9.60 Å². The van der Waals surface area contributed by atoms with Crippen LogP contribution in [0.5, 0.6) is 0 Å². The van der Waals surface area contributed by atoms with Crippen LogP contribution in [0.25, 0.3) is 0 Å². The van der Waals surface area contributed by atoms with Crippen molar-refractivity contribution in [1.82, 2.24) is 15.5 Å². The van der Waals surface area contributed by atoms with E-state index in [0.717, 1.165) is 5.56 Å². The van der Waals surface area contributed by atoms with Crippen LogP contribution in [0.4, 0.5) is 10.1 Å². The van der Waals surface area contributed by atoms with Gasteiger partial charge in [0.15, 0.2) is 5.82 Å². The van der Waals surface area contributed by atoms with Crippen molar-refractivity contribution in [2.24, 2.45) is 0 Å². The molecule has 0 fully saturated rings. The normalized spacial score (nSPS) is 14.2. The molecule has 1 aromatic heterocycles. The number of pyridine rings is 1. The molecule has 0 spiro atoms. The molecule has 114 valence electrons. The van der Waals surface area contributed by atoms with Gasteiger partial charge in [0.25, 0.3) is 0 Å². The SMILES string of the molecule is ON1ON(c2ccc(F)c(Br)c2)C=C1NCc1cccnc1. The molecular formula is C14H12BrFN4O2. The Hall–Kier alpha value is -2.16. The van der Waals surface area contributed by atoms with Gasteiger partial charge >= 0.3 is 0 Å². The van der Waals surface area contributed by atoms with Gasteiger partial charge in [0.05, 0.1) is 16.4 Å². The van der Waals surface area contributed by atoms with Crippen molar-refractivity contribution in [1.29, 1.82) is 0 Å². The van der Waals surface area contributed by atoms with E-state index in [-0.39, 0.29) is 5.82 Å². The molecule has 0 atom stereocenters. The molecule has 2 heterocycles. The molecule has 0 aliphatic carbocycles. The summed E-state index contributed by atoms with van der Waals surface area (Å²) in [6, 6.07) is 8.13. The Morgan fingerprint density at radius 3 is 2.95 bits per heavy atom. The number of nitrogens with zero attached hydrogens (tertiary/aromatic N) is 3. The Balaban J connectivity index is 1.71. The second-order valence-corrected chi connectivity index (χ2v) is 5.36. The molecule has 0 radical (unpaired) electrons. The van der Waals surface area contributed by atoms with Crippen molar-refractivity contribution in [3.63, 3.8) is 0 Å². The quantitative estimate of drug-likeness (QED) is 0.867. The van der Waals surface area contributed by atoms with Crippen LogP contribution in [0.15, 0.2) is 59.2 Å². The number of halogens is 2. The standard InChI is InChI=1S/C14H12BrFN4O2/c15-12-6-11(3-4-13(12)16)19-9-14(20(21)22-19)18-8-10-2-1-5-17-7-10/h1-7,9,18,21H,8H2. The zero-order valence-corrected chi connectivity index (χ0v) is 12.9. The molecule has 3 rings (SSSR count). The van der Waals surface area contributed by atoms with E-state index in [1.165, 1.54) is 17.2 Å². The van der Waals surface area contributed by atoms with Crippen molar-refractivity contribution in [2.75, 3.05) is 5.06 Å². The lowest BCUT2D eigenvalue weighted by Gasteiger charge is -2.16. The van der Waals surface area contributed by atoms with Crippen LogP contribution in [0, 0.1) is 5.82 Å². The van der Waals surface area contributed by atoms with Crippen LogP contribution in [0.2, 0.25) is 0 Å². The molecule has 1 aromatic carbocycles. The van der Waals surface area contributed by atoms with Crippen molar-refractivity contribution >= 4 is 21.6 Å². The molecule has 2 N–H and O–H groups in total. The number of benzene rings is 1. The lowest BCUT2D eigenvalue weighted by Crippen LogP contribution is -2.26. The molecule has 0 bridgehead atoms. The van der Waals surface area contributed by atoms with Crippen molar-refractivity contribution < 1.29 is 14.5 Å². The zero-order chi connectivity index (χ0) is 15.5. The summed E-state index contributed by atoms with van der Waals surface area (Å²) in [5, 5.41) is 14.7. The van der Waals surface area contributed by atoms with E-state index in [1.807, 2.05) is 12.1 Å². The predicted molar refractivity (Wildman–Crippen MR) is 80.4 cm³/mol. The molecule has 1 aliphatic heterocycles. The minimum Gasteiger partial charge on any atom is -0.362 e. The number of aromatic nitrogens is 1. The second-order valence-electron chi connectivity index (χ2n) is 4.51. The highest BCUT2D eigenvalue weighted by molar-refractivity contribution is 9.10. The first-order valence-electron chi connectivity index (χ1n) is 6.39. The minimum absolute atomic E-state index is 0.309. The number of anilines is 1. The summed E-state index contributed by atoms with van der Waals surface area (Å²) >= 11 is 3.11. The molecule has 6 nitrogen and oxygen atoms in total. The molecule has 2 aromatic rings. The number of rotatable bonds is 4. The summed E-state index contributed by atoms with van der Waals surface area (Å²) in [7, 11) is 0. The summed E-state index contributed by atoms with van der Waals surface area (Å²) < 4.78 is 13.6. The van der Waals surface area contributed by atoms with E-state index >= 15 is 0 Å². The summed E-state index contributed by atoms with van der Waals surface area (Å²) in [4.78, 5) is 9.16. The van der Waals surface area contributed by atoms with Gasteiger partial charge in [0.2, 0.25) is 0 Å². The number of hydroxylamine groups is 3. The van der Waals surface area contributed by atoms with Crippen LogP contribution in [0.1, 0.15) is 5.56 Å². The lowest BCUT2D eigenvalue weighted by atomic mass is 10.3. The van der Waals surface area contributed by atoms with Crippen LogP contribution in [-0.2, 0) is 11.5 Å². The van der Waals surface area contributed by atoms with Crippen molar-refractivity contribution in [2.45, 2.75) is 6.54 Å². The Kier molecular flexibility index (Phi) is 4.23. The Bertz CT molecular complexity index is 698. The summed E-state index contributed by atoms with van der Waals surface area (Å²) in [5.74, 6) is -0.0213.